The Morgan fingerprint density at radius 1 is 1.10 bits per heavy atom. The number of benzene rings is 2. The molecule has 0 unspecified atom stereocenters. The number of carbonyl (C=O) groups excluding carboxylic acids is 1. The van der Waals surface area contributed by atoms with Crippen molar-refractivity contribution in [3.63, 3.8) is 0 Å². The maximum Gasteiger partial charge on any atom is 0.416 e. The summed E-state index contributed by atoms with van der Waals surface area (Å²) in [6, 6.07) is 11.1. The van der Waals surface area contributed by atoms with Crippen molar-refractivity contribution in [2.45, 2.75) is 19.0 Å². The first-order valence-electron chi connectivity index (χ1n) is 8.36. The molecule has 0 saturated carbocycles. The number of anilines is 2. The first-order valence-corrected chi connectivity index (χ1v) is 10.0. The Balaban J connectivity index is 1.82. The highest BCUT2D eigenvalue weighted by molar-refractivity contribution is 7.89. The average Bonchev–Trinajstić information content (AvgIpc) is 3.08. The van der Waals surface area contributed by atoms with Crippen LogP contribution in [0.25, 0.3) is 11.4 Å². The van der Waals surface area contributed by atoms with Gasteiger partial charge in [-0.05, 0) is 41.6 Å². The normalized spacial score (nSPS) is 11.9. The molecule has 0 atom stereocenters. The van der Waals surface area contributed by atoms with Crippen molar-refractivity contribution >= 4 is 27.3 Å². The predicted molar refractivity (Wildman–Crippen MR) is 101 cm³/mol. The summed E-state index contributed by atoms with van der Waals surface area (Å²) in [5.41, 5.74) is 0.546. The third-order valence-corrected chi connectivity index (χ3v) is 4.87. The summed E-state index contributed by atoms with van der Waals surface area (Å²) < 4.78 is 63.5. The van der Waals surface area contributed by atoms with Crippen LogP contribution in [0.15, 0.2) is 48.5 Å². The minimum atomic E-state index is -4.43. The lowest BCUT2D eigenvalue weighted by Gasteiger charge is -2.11. The second-order valence-electron chi connectivity index (χ2n) is 6.13. The number of rotatable bonds is 6. The second kappa shape index (κ2) is 8.10. The number of para-hydroxylation sites is 1. The SMILES string of the molecule is CC(=O)NS(=O)(=O)Cn1nnc(-c2ccccc2Nc2ccc(C(F)(F)F)cc2)n1. The van der Waals surface area contributed by atoms with Crippen molar-refractivity contribution in [2.75, 3.05) is 5.32 Å². The minimum absolute atomic E-state index is 0.0861. The molecule has 0 fully saturated rings. The maximum atomic E-state index is 12.7. The fourth-order valence-corrected chi connectivity index (χ4v) is 3.41. The Kier molecular flexibility index (Phi) is 5.73. The number of hydrogen-bond acceptors (Lipinski definition) is 7. The van der Waals surface area contributed by atoms with E-state index in [4.69, 9.17) is 0 Å². The molecule has 1 amide bonds. The van der Waals surface area contributed by atoms with Crippen LogP contribution in [0.1, 0.15) is 12.5 Å². The molecular weight excluding hydrogens is 425 g/mol. The van der Waals surface area contributed by atoms with E-state index in [1.54, 1.807) is 29.0 Å². The largest absolute Gasteiger partial charge is 0.416 e. The van der Waals surface area contributed by atoms with Crippen molar-refractivity contribution < 1.29 is 26.4 Å². The molecular formula is C17H15F3N6O3S. The molecule has 0 spiro atoms. The lowest BCUT2D eigenvalue weighted by Crippen LogP contribution is -2.31. The summed E-state index contributed by atoms with van der Waals surface area (Å²) in [5.74, 6) is -1.38. The van der Waals surface area contributed by atoms with Crippen LogP contribution in [-0.4, -0.2) is 34.5 Å². The molecule has 0 aliphatic rings. The van der Waals surface area contributed by atoms with E-state index in [0.29, 0.717) is 16.9 Å². The van der Waals surface area contributed by atoms with E-state index in [1.807, 2.05) is 0 Å². The van der Waals surface area contributed by atoms with Crippen molar-refractivity contribution in [3.05, 3.63) is 54.1 Å². The van der Waals surface area contributed by atoms with Crippen LogP contribution in [0.5, 0.6) is 0 Å². The van der Waals surface area contributed by atoms with Crippen LogP contribution >= 0.6 is 0 Å². The second-order valence-corrected chi connectivity index (χ2v) is 7.82. The molecule has 2 aromatic carbocycles. The van der Waals surface area contributed by atoms with E-state index in [9.17, 15) is 26.4 Å². The average molecular weight is 440 g/mol. The van der Waals surface area contributed by atoms with E-state index < -0.39 is 33.5 Å². The Morgan fingerprint density at radius 3 is 2.40 bits per heavy atom. The third kappa shape index (κ3) is 5.31. The monoisotopic (exact) mass is 440 g/mol. The van der Waals surface area contributed by atoms with Gasteiger partial charge in [0.15, 0.2) is 5.88 Å². The Bertz CT molecular complexity index is 1160. The van der Waals surface area contributed by atoms with Gasteiger partial charge < -0.3 is 5.32 Å². The van der Waals surface area contributed by atoms with Gasteiger partial charge >= 0.3 is 6.18 Å². The molecule has 13 heteroatoms. The lowest BCUT2D eigenvalue weighted by molar-refractivity contribution is -0.137. The number of amides is 1. The van der Waals surface area contributed by atoms with Gasteiger partial charge in [0.05, 0.1) is 5.56 Å². The third-order valence-electron chi connectivity index (χ3n) is 3.70. The van der Waals surface area contributed by atoms with Gasteiger partial charge in [-0.15, -0.1) is 15.0 Å². The van der Waals surface area contributed by atoms with Gasteiger partial charge in [0.2, 0.25) is 11.7 Å². The number of nitrogens with zero attached hydrogens (tertiary/aromatic N) is 4. The van der Waals surface area contributed by atoms with E-state index in [2.05, 4.69) is 20.7 Å². The van der Waals surface area contributed by atoms with E-state index in [0.717, 1.165) is 23.9 Å². The molecule has 2 N–H and O–H groups in total. The van der Waals surface area contributed by atoms with Crippen LogP contribution in [0.2, 0.25) is 0 Å². The number of alkyl halides is 3. The molecule has 0 radical (unpaired) electrons. The van der Waals surface area contributed by atoms with Gasteiger partial charge in [-0.3, -0.25) is 9.52 Å². The fraction of sp³-hybridized carbons (Fsp3) is 0.176. The number of aromatic nitrogens is 4. The van der Waals surface area contributed by atoms with Crippen LogP contribution < -0.4 is 10.0 Å². The summed E-state index contributed by atoms with van der Waals surface area (Å²) in [7, 11) is -3.99. The van der Waals surface area contributed by atoms with Gasteiger partial charge in [-0.1, -0.05) is 12.1 Å². The first-order chi connectivity index (χ1) is 14.0. The van der Waals surface area contributed by atoms with Crippen LogP contribution in [0.4, 0.5) is 24.5 Å². The highest BCUT2D eigenvalue weighted by Crippen LogP contribution is 2.32. The number of carbonyl (C=O) groups is 1. The number of hydrogen-bond donors (Lipinski definition) is 2. The van der Waals surface area contributed by atoms with Crippen LogP contribution in [0, 0.1) is 0 Å². The van der Waals surface area contributed by atoms with Gasteiger partial charge in [-0.25, -0.2) is 8.42 Å². The number of tetrazole rings is 1. The molecule has 30 heavy (non-hydrogen) atoms. The highest BCUT2D eigenvalue weighted by atomic mass is 32.2. The molecule has 0 aliphatic carbocycles. The Morgan fingerprint density at radius 2 is 1.77 bits per heavy atom. The van der Waals surface area contributed by atoms with Gasteiger partial charge in [-0.2, -0.15) is 13.2 Å². The van der Waals surface area contributed by atoms with E-state index in [-0.39, 0.29) is 5.82 Å². The summed E-state index contributed by atoms with van der Waals surface area (Å²) in [6.07, 6.45) is -4.43. The molecule has 158 valence electrons. The van der Waals surface area contributed by atoms with Crippen molar-refractivity contribution in [3.8, 4) is 11.4 Å². The van der Waals surface area contributed by atoms with Crippen LogP contribution in [0.3, 0.4) is 0 Å². The number of halogens is 3. The van der Waals surface area contributed by atoms with Crippen molar-refractivity contribution in [1.29, 1.82) is 0 Å². The van der Waals surface area contributed by atoms with Gasteiger partial charge in [0, 0.05) is 23.9 Å². The lowest BCUT2D eigenvalue weighted by atomic mass is 10.1. The molecule has 3 aromatic rings. The van der Waals surface area contributed by atoms with E-state index >= 15 is 0 Å². The Hall–Kier alpha value is -3.48. The fourth-order valence-electron chi connectivity index (χ4n) is 2.49. The first kappa shape index (κ1) is 21.2. The zero-order valence-corrected chi connectivity index (χ0v) is 16.2. The topological polar surface area (TPSA) is 119 Å². The molecule has 1 heterocycles. The number of nitrogens with one attached hydrogen (secondary N) is 2. The standard InChI is InChI=1S/C17H15F3N6O3S/c1-11(27)24-30(28,29)10-26-23-16(22-25-26)14-4-2-3-5-15(14)21-13-8-6-12(7-9-13)17(18,19)20/h2-9,21H,10H2,1H3,(H,24,27). The van der Waals surface area contributed by atoms with Gasteiger partial charge in [0.1, 0.15) is 0 Å². The highest BCUT2D eigenvalue weighted by Gasteiger charge is 2.30. The van der Waals surface area contributed by atoms with Crippen LogP contribution in [-0.2, 0) is 26.9 Å². The van der Waals surface area contributed by atoms with Crippen molar-refractivity contribution in [1.82, 2.24) is 24.9 Å². The predicted octanol–water partition coefficient (Wildman–Crippen LogP) is 2.53. The molecule has 1 aromatic heterocycles. The minimum Gasteiger partial charge on any atom is -0.355 e. The smallest absolute Gasteiger partial charge is 0.355 e. The van der Waals surface area contributed by atoms with Crippen molar-refractivity contribution in [2.24, 2.45) is 0 Å². The molecule has 9 nitrogen and oxygen atoms in total. The summed E-state index contributed by atoms with van der Waals surface area (Å²) in [6.45, 7) is 1.06. The van der Waals surface area contributed by atoms with E-state index in [1.165, 1.54) is 12.1 Å². The van der Waals surface area contributed by atoms with Gasteiger partial charge in [0.25, 0.3) is 10.0 Å². The number of sulfonamides is 1. The summed E-state index contributed by atoms with van der Waals surface area (Å²) in [5, 5.41) is 14.4. The molecule has 0 aliphatic heterocycles. The molecule has 0 bridgehead atoms. The zero-order valence-electron chi connectivity index (χ0n) is 15.4. The molecule has 3 rings (SSSR count). The Labute approximate surface area is 169 Å². The molecule has 0 saturated heterocycles. The zero-order chi connectivity index (χ0) is 21.9. The maximum absolute atomic E-state index is 12.7. The summed E-state index contributed by atoms with van der Waals surface area (Å²) >= 11 is 0. The quantitative estimate of drug-likeness (QED) is 0.605. The summed E-state index contributed by atoms with van der Waals surface area (Å²) in [4.78, 5) is 11.7.